The molecular formula is C15H23NO2. The van der Waals surface area contributed by atoms with Crippen molar-refractivity contribution in [3.8, 4) is 0 Å². The van der Waals surface area contributed by atoms with Crippen molar-refractivity contribution in [3.05, 3.63) is 35.9 Å². The second-order valence-electron chi connectivity index (χ2n) is 5.44. The van der Waals surface area contributed by atoms with Crippen LogP contribution in [0.25, 0.3) is 0 Å². The van der Waals surface area contributed by atoms with Crippen LogP contribution in [0.2, 0.25) is 0 Å². The number of hydrogen-bond acceptors (Lipinski definition) is 3. The van der Waals surface area contributed by atoms with Crippen LogP contribution in [0.3, 0.4) is 0 Å². The Bertz CT molecular complexity index is 356. The molecule has 2 N–H and O–H groups in total. The molecule has 18 heavy (non-hydrogen) atoms. The minimum atomic E-state index is -0.201. The molecule has 1 aromatic rings. The summed E-state index contributed by atoms with van der Waals surface area (Å²) in [6.07, 6.45) is 2.12. The molecule has 2 unspecified atom stereocenters. The predicted octanol–water partition coefficient (Wildman–Crippen LogP) is 2.09. The van der Waals surface area contributed by atoms with Crippen molar-refractivity contribution < 1.29 is 9.84 Å². The predicted molar refractivity (Wildman–Crippen MR) is 72.3 cm³/mol. The minimum Gasteiger partial charge on any atom is -0.394 e. The fraction of sp³-hybridized carbons (Fsp3) is 0.600. The van der Waals surface area contributed by atoms with Crippen LogP contribution >= 0.6 is 0 Å². The molecular weight excluding hydrogens is 226 g/mol. The van der Waals surface area contributed by atoms with Gasteiger partial charge in [-0.25, -0.2) is 0 Å². The van der Waals surface area contributed by atoms with Crippen molar-refractivity contribution in [2.24, 2.45) is 0 Å². The summed E-state index contributed by atoms with van der Waals surface area (Å²) in [5.41, 5.74) is 1.05. The van der Waals surface area contributed by atoms with E-state index in [2.05, 4.69) is 31.3 Å². The molecule has 0 saturated carbocycles. The summed E-state index contributed by atoms with van der Waals surface area (Å²) in [6.45, 7) is 5.10. The van der Waals surface area contributed by atoms with Crippen LogP contribution in [0.5, 0.6) is 0 Å². The van der Waals surface area contributed by atoms with E-state index in [-0.39, 0.29) is 24.4 Å². The quantitative estimate of drug-likeness (QED) is 0.858. The number of ether oxygens (including phenoxy) is 1. The highest BCUT2D eigenvalue weighted by molar-refractivity contribution is 5.15. The standard InChI is InChI=1S/C15H23NO2/c1-12-8-15(11-17,9-13(2)18-12)16-10-14-6-4-3-5-7-14/h3-7,12-13,16-17H,8-11H2,1-2H3. The SMILES string of the molecule is CC1CC(CO)(NCc2ccccc2)CC(C)O1. The van der Waals surface area contributed by atoms with Gasteiger partial charge in [0.25, 0.3) is 0 Å². The van der Waals surface area contributed by atoms with Crippen LogP contribution in [0.1, 0.15) is 32.3 Å². The fourth-order valence-electron chi connectivity index (χ4n) is 2.89. The van der Waals surface area contributed by atoms with Crippen molar-refractivity contribution in [2.45, 2.75) is 51.0 Å². The first-order valence-corrected chi connectivity index (χ1v) is 6.69. The van der Waals surface area contributed by atoms with E-state index in [1.807, 2.05) is 18.2 Å². The van der Waals surface area contributed by atoms with Gasteiger partial charge < -0.3 is 15.2 Å². The Morgan fingerprint density at radius 1 is 1.22 bits per heavy atom. The maximum atomic E-state index is 9.74. The molecule has 3 nitrogen and oxygen atoms in total. The van der Waals surface area contributed by atoms with Gasteiger partial charge in [0.1, 0.15) is 0 Å². The lowest BCUT2D eigenvalue weighted by molar-refractivity contribution is -0.0816. The topological polar surface area (TPSA) is 41.5 Å². The minimum absolute atomic E-state index is 0.165. The average molecular weight is 249 g/mol. The lowest BCUT2D eigenvalue weighted by atomic mass is 9.84. The highest BCUT2D eigenvalue weighted by Crippen LogP contribution is 2.28. The van der Waals surface area contributed by atoms with Crippen molar-refractivity contribution in [3.63, 3.8) is 0 Å². The van der Waals surface area contributed by atoms with E-state index in [9.17, 15) is 5.11 Å². The number of hydrogen-bond donors (Lipinski definition) is 2. The molecule has 1 aromatic carbocycles. The van der Waals surface area contributed by atoms with Gasteiger partial charge in [-0.05, 0) is 32.3 Å². The highest BCUT2D eigenvalue weighted by atomic mass is 16.5. The summed E-state index contributed by atoms with van der Waals surface area (Å²) >= 11 is 0. The lowest BCUT2D eigenvalue weighted by Gasteiger charge is -2.42. The Balaban J connectivity index is 2.00. The van der Waals surface area contributed by atoms with E-state index in [1.165, 1.54) is 5.56 Å². The first kappa shape index (κ1) is 13.5. The molecule has 1 saturated heterocycles. The lowest BCUT2D eigenvalue weighted by Crippen LogP contribution is -2.55. The molecule has 2 rings (SSSR count). The summed E-state index contributed by atoms with van der Waals surface area (Å²) in [6, 6.07) is 10.3. The zero-order valence-corrected chi connectivity index (χ0v) is 11.2. The number of aliphatic hydroxyl groups excluding tert-OH is 1. The van der Waals surface area contributed by atoms with Gasteiger partial charge >= 0.3 is 0 Å². The summed E-state index contributed by atoms with van der Waals surface area (Å²) in [5, 5.41) is 13.3. The zero-order chi connectivity index (χ0) is 13.0. The Labute approximate surface area is 109 Å². The van der Waals surface area contributed by atoms with E-state index < -0.39 is 0 Å². The molecule has 0 spiro atoms. The third-order valence-electron chi connectivity index (χ3n) is 3.63. The molecule has 0 aromatic heterocycles. The molecule has 1 fully saturated rings. The maximum Gasteiger partial charge on any atom is 0.0615 e. The van der Waals surface area contributed by atoms with E-state index in [0.717, 1.165) is 19.4 Å². The third-order valence-corrected chi connectivity index (χ3v) is 3.63. The van der Waals surface area contributed by atoms with Crippen LogP contribution in [-0.2, 0) is 11.3 Å². The summed E-state index contributed by atoms with van der Waals surface area (Å²) in [7, 11) is 0. The second-order valence-corrected chi connectivity index (χ2v) is 5.44. The molecule has 1 aliphatic heterocycles. The van der Waals surface area contributed by atoms with Gasteiger partial charge in [-0.15, -0.1) is 0 Å². The van der Waals surface area contributed by atoms with Crippen molar-refractivity contribution in [1.82, 2.24) is 5.32 Å². The molecule has 100 valence electrons. The van der Waals surface area contributed by atoms with Crippen LogP contribution in [0.15, 0.2) is 30.3 Å². The maximum absolute atomic E-state index is 9.74. The van der Waals surface area contributed by atoms with E-state index in [0.29, 0.717) is 0 Å². The Morgan fingerprint density at radius 3 is 2.39 bits per heavy atom. The van der Waals surface area contributed by atoms with Gasteiger partial charge in [0.05, 0.1) is 18.8 Å². The van der Waals surface area contributed by atoms with Gasteiger partial charge in [-0.2, -0.15) is 0 Å². The molecule has 0 radical (unpaired) electrons. The van der Waals surface area contributed by atoms with Gasteiger partial charge in [0.2, 0.25) is 0 Å². The van der Waals surface area contributed by atoms with Gasteiger partial charge in [0, 0.05) is 12.1 Å². The monoisotopic (exact) mass is 249 g/mol. The fourth-order valence-corrected chi connectivity index (χ4v) is 2.89. The number of rotatable bonds is 4. The summed E-state index contributed by atoms with van der Waals surface area (Å²) in [5.74, 6) is 0. The number of aliphatic hydroxyl groups is 1. The van der Waals surface area contributed by atoms with Gasteiger partial charge in [-0.1, -0.05) is 30.3 Å². The second kappa shape index (κ2) is 5.83. The van der Waals surface area contributed by atoms with E-state index in [1.54, 1.807) is 0 Å². The molecule has 2 atom stereocenters. The summed E-state index contributed by atoms with van der Waals surface area (Å²) < 4.78 is 5.74. The Hall–Kier alpha value is -0.900. The smallest absolute Gasteiger partial charge is 0.0615 e. The van der Waals surface area contributed by atoms with Crippen LogP contribution in [-0.4, -0.2) is 29.5 Å². The van der Waals surface area contributed by atoms with E-state index >= 15 is 0 Å². The van der Waals surface area contributed by atoms with Crippen molar-refractivity contribution in [1.29, 1.82) is 0 Å². The summed E-state index contributed by atoms with van der Waals surface area (Å²) in [4.78, 5) is 0. The molecule has 0 aliphatic carbocycles. The molecule has 3 heteroatoms. The Morgan fingerprint density at radius 2 is 1.83 bits per heavy atom. The normalized spacial score (nSPS) is 32.4. The van der Waals surface area contributed by atoms with Crippen molar-refractivity contribution in [2.75, 3.05) is 6.61 Å². The van der Waals surface area contributed by atoms with E-state index in [4.69, 9.17) is 4.74 Å². The highest BCUT2D eigenvalue weighted by Gasteiger charge is 2.37. The van der Waals surface area contributed by atoms with Gasteiger partial charge in [-0.3, -0.25) is 0 Å². The van der Waals surface area contributed by atoms with Crippen molar-refractivity contribution >= 4 is 0 Å². The number of nitrogens with one attached hydrogen (secondary N) is 1. The first-order valence-electron chi connectivity index (χ1n) is 6.69. The molecule has 1 heterocycles. The average Bonchev–Trinajstić information content (AvgIpc) is 2.37. The van der Waals surface area contributed by atoms with Crippen LogP contribution in [0, 0.1) is 0 Å². The molecule has 1 aliphatic rings. The van der Waals surface area contributed by atoms with Crippen LogP contribution < -0.4 is 5.32 Å². The largest absolute Gasteiger partial charge is 0.394 e. The van der Waals surface area contributed by atoms with Gasteiger partial charge in [0.15, 0.2) is 0 Å². The third kappa shape index (κ3) is 3.31. The number of benzene rings is 1. The zero-order valence-electron chi connectivity index (χ0n) is 11.2. The first-order chi connectivity index (χ1) is 8.63. The molecule has 0 bridgehead atoms. The molecule has 0 amide bonds. The van der Waals surface area contributed by atoms with Crippen LogP contribution in [0.4, 0.5) is 0 Å². The Kier molecular flexibility index (Phi) is 4.38.